The lowest BCUT2D eigenvalue weighted by Crippen LogP contribution is -2.19. The van der Waals surface area contributed by atoms with Gasteiger partial charge in [0.15, 0.2) is 0 Å². The van der Waals surface area contributed by atoms with Gasteiger partial charge in [-0.2, -0.15) is 0 Å². The standard InChI is InChI=1S/C8H5Cl3O3/c9-4-2-6(11)5(10)1-3(4)7(12)8(13)14/h1-2,8,13-14H. The molecule has 0 aliphatic carbocycles. The van der Waals surface area contributed by atoms with Crippen LogP contribution >= 0.6 is 34.8 Å². The third-order valence-electron chi connectivity index (χ3n) is 1.51. The Balaban J connectivity index is 3.22. The predicted molar refractivity (Wildman–Crippen MR) is 54.0 cm³/mol. The van der Waals surface area contributed by atoms with Crippen LogP contribution in [0.5, 0.6) is 0 Å². The Morgan fingerprint density at radius 3 is 2.07 bits per heavy atom. The van der Waals surface area contributed by atoms with Gasteiger partial charge in [-0.25, -0.2) is 0 Å². The first-order valence-electron chi connectivity index (χ1n) is 3.48. The van der Waals surface area contributed by atoms with Crippen molar-refractivity contribution in [1.82, 2.24) is 0 Å². The van der Waals surface area contributed by atoms with Gasteiger partial charge in [0, 0.05) is 5.56 Å². The Hall–Kier alpha value is -0.320. The molecule has 0 bridgehead atoms. The van der Waals surface area contributed by atoms with Crippen LogP contribution in [0.15, 0.2) is 12.1 Å². The van der Waals surface area contributed by atoms with Crippen LogP contribution in [0.2, 0.25) is 15.1 Å². The fourth-order valence-corrected chi connectivity index (χ4v) is 1.49. The zero-order valence-corrected chi connectivity index (χ0v) is 8.94. The average molecular weight is 255 g/mol. The first kappa shape index (κ1) is 11.8. The van der Waals surface area contributed by atoms with E-state index >= 15 is 0 Å². The van der Waals surface area contributed by atoms with E-state index in [4.69, 9.17) is 45.0 Å². The number of halogens is 3. The zero-order chi connectivity index (χ0) is 10.9. The molecule has 0 spiro atoms. The molecule has 0 amide bonds. The highest BCUT2D eigenvalue weighted by molar-refractivity contribution is 6.44. The zero-order valence-electron chi connectivity index (χ0n) is 6.67. The number of Topliss-reactive ketones (excluding diaryl/α,β-unsaturated/α-hetero) is 1. The van der Waals surface area contributed by atoms with Crippen molar-refractivity contribution < 1.29 is 15.0 Å². The van der Waals surface area contributed by atoms with Gasteiger partial charge >= 0.3 is 0 Å². The SMILES string of the molecule is O=C(c1cc(Cl)c(Cl)cc1Cl)C(O)O. The lowest BCUT2D eigenvalue weighted by molar-refractivity contribution is -0.0195. The van der Waals surface area contributed by atoms with E-state index in [2.05, 4.69) is 0 Å². The van der Waals surface area contributed by atoms with Gasteiger partial charge in [-0.1, -0.05) is 34.8 Å². The van der Waals surface area contributed by atoms with Gasteiger partial charge in [0.25, 0.3) is 0 Å². The van der Waals surface area contributed by atoms with Gasteiger partial charge in [0.2, 0.25) is 12.1 Å². The number of aliphatic hydroxyl groups is 2. The Morgan fingerprint density at radius 2 is 1.57 bits per heavy atom. The summed E-state index contributed by atoms with van der Waals surface area (Å²) in [6.07, 6.45) is -2.11. The molecular weight excluding hydrogens is 250 g/mol. The highest BCUT2D eigenvalue weighted by Gasteiger charge is 2.18. The Kier molecular flexibility index (Phi) is 3.75. The number of ketones is 1. The fourth-order valence-electron chi connectivity index (χ4n) is 0.850. The van der Waals surface area contributed by atoms with Gasteiger partial charge in [0.05, 0.1) is 15.1 Å². The summed E-state index contributed by atoms with van der Waals surface area (Å²) in [5, 5.41) is 17.6. The summed E-state index contributed by atoms with van der Waals surface area (Å²) in [7, 11) is 0. The maximum Gasteiger partial charge on any atom is 0.219 e. The molecule has 1 rings (SSSR count). The van der Waals surface area contributed by atoms with Crippen LogP contribution in [-0.2, 0) is 0 Å². The molecule has 3 nitrogen and oxygen atoms in total. The molecule has 6 heteroatoms. The van der Waals surface area contributed by atoms with Crippen molar-refractivity contribution in [2.45, 2.75) is 6.29 Å². The van der Waals surface area contributed by atoms with Gasteiger partial charge in [-0.05, 0) is 12.1 Å². The van der Waals surface area contributed by atoms with E-state index in [9.17, 15) is 4.79 Å². The Bertz CT molecular complexity index is 376. The van der Waals surface area contributed by atoms with E-state index < -0.39 is 12.1 Å². The molecule has 0 aliphatic heterocycles. The van der Waals surface area contributed by atoms with E-state index in [0.29, 0.717) is 0 Å². The van der Waals surface area contributed by atoms with Crippen LogP contribution in [0.4, 0.5) is 0 Å². The monoisotopic (exact) mass is 254 g/mol. The van der Waals surface area contributed by atoms with Crippen molar-refractivity contribution in [2.75, 3.05) is 0 Å². The van der Waals surface area contributed by atoms with E-state index in [1.54, 1.807) is 0 Å². The van der Waals surface area contributed by atoms with E-state index in [-0.39, 0.29) is 20.6 Å². The predicted octanol–water partition coefficient (Wildman–Crippen LogP) is 2.14. The van der Waals surface area contributed by atoms with Crippen LogP contribution in [0.1, 0.15) is 10.4 Å². The number of rotatable bonds is 2. The summed E-state index contributed by atoms with van der Waals surface area (Å²) in [5.41, 5.74) is -0.0731. The summed E-state index contributed by atoms with van der Waals surface area (Å²) in [6.45, 7) is 0. The van der Waals surface area contributed by atoms with Gasteiger partial charge < -0.3 is 10.2 Å². The summed E-state index contributed by atoms with van der Waals surface area (Å²) < 4.78 is 0. The summed E-state index contributed by atoms with van der Waals surface area (Å²) in [6, 6.07) is 2.45. The lowest BCUT2D eigenvalue weighted by Gasteiger charge is -2.06. The Morgan fingerprint density at radius 1 is 1.07 bits per heavy atom. The first-order chi connectivity index (χ1) is 6.43. The second-order valence-corrected chi connectivity index (χ2v) is 3.71. The maximum atomic E-state index is 11.1. The average Bonchev–Trinajstić information content (AvgIpc) is 2.10. The third-order valence-corrected chi connectivity index (χ3v) is 2.54. The van der Waals surface area contributed by atoms with Gasteiger partial charge in [-0.3, -0.25) is 4.79 Å². The molecular formula is C8H5Cl3O3. The second kappa shape index (κ2) is 4.47. The van der Waals surface area contributed by atoms with Crippen LogP contribution in [0.3, 0.4) is 0 Å². The normalized spacial score (nSPS) is 10.7. The molecule has 0 saturated heterocycles. The minimum absolute atomic E-state index is 0.0255. The third kappa shape index (κ3) is 2.38. The molecule has 0 aliphatic rings. The van der Waals surface area contributed by atoms with Gasteiger partial charge in [-0.15, -0.1) is 0 Å². The smallest absolute Gasteiger partial charge is 0.219 e. The minimum atomic E-state index is -2.11. The van der Waals surface area contributed by atoms with Crippen LogP contribution in [0.25, 0.3) is 0 Å². The highest BCUT2D eigenvalue weighted by atomic mass is 35.5. The lowest BCUT2D eigenvalue weighted by atomic mass is 10.1. The molecule has 1 aromatic carbocycles. The summed E-state index contributed by atoms with van der Waals surface area (Å²) in [4.78, 5) is 11.1. The fraction of sp³-hybridized carbons (Fsp3) is 0.125. The molecule has 0 atom stereocenters. The molecule has 0 unspecified atom stereocenters. The molecule has 76 valence electrons. The number of carbonyl (C=O) groups excluding carboxylic acids is 1. The molecule has 0 heterocycles. The van der Waals surface area contributed by atoms with Crippen molar-refractivity contribution in [3.05, 3.63) is 32.8 Å². The van der Waals surface area contributed by atoms with E-state index in [0.717, 1.165) is 0 Å². The maximum absolute atomic E-state index is 11.1. The number of carbonyl (C=O) groups is 1. The number of benzene rings is 1. The quantitative estimate of drug-likeness (QED) is 0.483. The first-order valence-corrected chi connectivity index (χ1v) is 4.61. The number of hydrogen-bond donors (Lipinski definition) is 2. The van der Waals surface area contributed by atoms with Crippen LogP contribution < -0.4 is 0 Å². The van der Waals surface area contributed by atoms with E-state index in [1.807, 2.05) is 0 Å². The molecule has 2 N–H and O–H groups in total. The molecule has 14 heavy (non-hydrogen) atoms. The molecule has 1 aromatic rings. The van der Waals surface area contributed by atoms with Crippen molar-refractivity contribution in [1.29, 1.82) is 0 Å². The molecule has 0 saturated carbocycles. The summed E-state index contributed by atoms with van der Waals surface area (Å²) >= 11 is 16.9. The summed E-state index contributed by atoms with van der Waals surface area (Å²) in [5.74, 6) is -0.923. The van der Waals surface area contributed by atoms with Crippen LogP contribution in [-0.4, -0.2) is 22.3 Å². The number of aliphatic hydroxyl groups excluding tert-OH is 1. The molecule has 0 fully saturated rings. The van der Waals surface area contributed by atoms with E-state index in [1.165, 1.54) is 12.1 Å². The second-order valence-electron chi connectivity index (χ2n) is 2.48. The van der Waals surface area contributed by atoms with Crippen molar-refractivity contribution >= 4 is 40.6 Å². The largest absolute Gasteiger partial charge is 0.362 e. The van der Waals surface area contributed by atoms with Crippen molar-refractivity contribution in [3.8, 4) is 0 Å². The minimum Gasteiger partial charge on any atom is -0.362 e. The topological polar surface area (TPSA) is 57.5 Å². The Labute approximate surface area is 94.8 Å². The van der Waals surface area contributed by atoms with Crippen molar-refractivity contribution in [3.63, 3.8) is 0 Å². The number of hydrogen-bond acceptors (Lipinski definition) is 3. The van der Waals surface area contributed by atoms with Crippen LogP contribution in [0, 0.1) is 0 Å². The highest BCUT2D eigenvalue weighted by Crippen LogP contribution is 2.29. The molecule has 0 aromatic heterocycles. The molecule has 0 radical (unpaired) electrons. The van der Waals surface area contributed by atoms with Gasteiger partial charge in [0.1, 0.15) is 0 Å². The van der Waals surface area contributed by atoms with Crippen molar-refractivity contribution in [2.24, 2.45) is 0 Å².